The number of benzene rings is 1. The van der Waals surface area contributed by atoms with Crippen molar-refractivity contribution in [2.24, 2.45) is 0 Å². The van der Waals surface area contributed by atoms with Crippen LogP contribution < -0.4 is 0 Å². The van der Waals surface area contributed by atoms with Crippen molar-refractivity contribution in [3.8, 4) is 11.4 Å². The first-order chi connectivity index (χ1) is 8.24. The number of aryl methyl sites for hydroxylation is 1. The topological polar surface area (TPSA) is 50.9 Å². The van der Waals surface area contributed by atoms with Crippen LogP contribution in [0.4, 0.5) is 4.39 Å². The van der Waals surface area contributed by atoms with Crippen LogP contribution in [0.5, 0.6) is 0 Å². The first-order valence-electron chi connectivity index (χ1n) is 5.63. The average molecular weight is 233 g/mol. The molecule has 2 heterocycles. The normalized spacial score (nSPS) is 19.1. The number of aliphatic hydroxyl groups is 1. The van der Waals surface area contributed by atoms with Gasteiger partial charge in [0.05, 0.1) is 0 Å². The van der Waals surface area contributed by atoms with Gasteiger partial charge in [0.2, 0.25) is 0 Å². The maximum absolute atomic E-state index is 12.8. The number of hydrogen-bond donors (Lipinski definition) is 1. The van der Waals surface area contributed by atoms with Crippen molar-refractivity contribution in [1.82, 2.24) is 14.8 Å². The minimum atomic E-state index is -0.583. The van der Waals surface area contributed by atoms with E-state index in [-0.39, 0.29) is 5.82 Å². The second-order valence-electron chi connectivity index (χ2n) is 4.18. The third-order valence-corrected chi connectivity index (χ3v) is 2.95. The lowest BCUT2D eigenvalue weighted by Crippen LogP contribution is -2.18. The summed E-state index contributed by atoms with van der Waals surface area (Å²) in [5.74, 6) is 1.06. The van der Waals surface area contributed by atoms with Gasteiger partial charge in [-0.05, 0) is 37.1 Å². The van der Waals surface area contributed by atoms with Crippen molar-refractivity contribution in [3.05, 3.63) is 35.9 Å². The smallest absolute Gasteiger partial charge is 0.181 e. The van der Waals surface area contributed by atoms with E-state index in [1.54, 1.807) is 16.8 Å². The largest absolute Gasteiger partial charge is 0.372 e. The fourth-order valence-corrected chi connectivity index (χ4v) is 2.05. The van der Waals surface area contributed by atoms with Crippen molar-refractivity contribution in [2.75, 3.05) is 0 Å². The van der Waals surface area contributed by atoms with Gasteiger partial charge in [0.25, 0.3) is 0 Å². The lowest BCUT2D eigenvalue weighted by molar-refractivity contribution is 0.0648. The molecule has 1 aliphatic heterocycles. The van der Waals surface area contributed by atoms with Gasteiger partial charge in [0.1, 0.15) is 17.9 Å². The summed E-state index contributed by atoms with van der Waals surface area (Å²) in [6.45, 7) is 0. The highest BCUT2D eigenvalue weighted by Crippen LogP contribution is 2.24. The molecule has 0 amide bonds. The van der Waals surface area contributed by atoms with E-state index in [0.717, 1.165) is 24.2 Å². The molecule has 0 radical (unpaired) electrons. The molecule has 1 N–H and O–H groups in total. The first kappa shape index (κ1) is 10.4. The van der Waals surface area contributed by atoms with E-state index < -0.39 is 6.23 Å². The highest BCUT2D eigenvalue weighted by Gasteiger charge is 2.21. The average Bonchev–Trinajstić information content (AvgIpc) is 2.75. The van der Waals surface area contributed by atoms with Gasteiger partial charge in [-0.2, -0.15) is 0 Å². The maximum atomic E-state index is 12.8. The summed E-state index contributed by atoms with van der Waals surface area (Å²) in [6, 6.07) is 6.05. The Morgan fingerprint density at radius 2 is 2.06 bits per heavy atom. The van der Waals surface area contributed by atoms with Crippen LogP contribution in [0, 0.1) is 5.82 Å². The molecule has 1 atom stereocenters. The molecule has 0 saturated carbocycles. The summed E-state index contributed by atoms with van der Waals surface area (Å²) in [5, 5.41) is 14.0. The highest BCUT2D eigenvalue weighted by molar-refractivity contribution is 5.54. The molecule has 4 nitrogen and oxygen atoms in total. The van der Waals surface area contributed by atoms with Crippen LogP contribution in [-0.2, 0) is 6.42 Å². The number of aromatic nitrogens is 3. The highest BCUT2D eigenvalue weighted by atomic mass is 19.1. The van der Waals surface area contributed by atoms with Crippen molar-refractivity contribution in [3.63, 3.8) is 0 Å². The SMILES string of the molecule is OC1CCCc2nc(-c3ccc(F)cc3)nn21. The van der Waals surface area contributed by atoms with Gasteiger partial charge in [-0.25, -0.2) is 14.1 Å². The van der Waals surface area contributed by atoms with Gasteiger partial charge in [0.15, 0.2) is 5.82 Å². The summed E-state index contributed by atoms with van der Waals surface area (Å²) in [7, 11) is 0. The minimum absolute atomic E-state index is 0.280. The van der Waals surface area contributed by atoms with Crippen molar-refractivity contribution in [2.45, 2.75) is 25.5 Å². The number of nitrogens with zero attached hydrogens (tertiary/aromatic N) is 3. The molecule has 5 heteroatoms. The predicted octanol–water partition coefficient (Wildman–Crippen LogP) is 1.91. The van der Waals surface area contributed by atoms with Gasteiger partial charge in [0, 0.05) is 12.0 Å². The van der Waals surface area contributed by atoms with Crippen molar-refractivity contribution < 1.29 is 9.50 Å². The minimum Gasteiger partial charge on any atom is -0.372 e. The molecule has 1 unspecified atom stereocenters. The molecule has 0 aliphatic carbocycles. The quantitative estimate of drug-likeness (QED) is 0.818. The summed E-state index contributed by atoms with van der Waals surface area (Å²) in [5.41, 5.74) is 0.764. The molecule has 2 aromatic rings. The van der Waals surface area contributed by atoms with E-state index in [0.29, 0.717) is 12.2 Å². The molecule has 3 rings (SSSR count). The van der Waals surface area contributed by atoms with Gasteiger partial charge in [-0.3, -0.25) is 0 Å². The fourth-order valence-electron chi connectivity index (χ4n) is 2.05. The molecule has 1 aromatic carbocycles. The first-order valence-corrected chi connectivity index (χ1v) is 5.63. The van der Waals surface area contributed by atoms with E-state index in [1.807, 2.05) is 0 Å². The molecule has 88 valence electrons. The summed E-state index contributed by atoms with van der Waals surface area (Å²) in [4.78, 5) is 4.37. The Kier molecular flexibility index (Phi) is 2.40. The van der Waals surface area contributed by atoms with E-state index in [2.05, 4.69) is 10.1 Å². The number of rotatable bonds is 1. The van der Waals surface area contributed by atoms with Crippen molar-refractivity contribution >= 4 is 0 Å². The van der Waals surface area contributed by atoms with Crippen LogP contribution in [0.15, 0.2) is 24.3 Å². The number of hydrogen-bond acceptors (Lipinski definition) is 3. The molecular weight excluding hydrogens is 221 g/mol. The van der Waals surface area contributed by atoms with Crippen LogP contribution in [0.2, 0.25) is 0 Å². The Hall–Kier alpha value is -1.75. The zero-order valence-corrected chi connectivity index (χ0v) is 9.17. The summed E-state index contributed by atoms with van der Waals surface area (Å²) >= 11 is 0. The van der Waals surface area contributed by atoms with Crippen LogP contribution in [-0.4, -0.2) is 19.9 Å². The molecular formula is C12H12FN3O. The molecule has 1 aromatic heterocycles. The maximum Gasteiger partial charge on any atom is 0.181 e. The van der Waals surface area contributed by atoms with E-state index in [1.165, 1.54) is 12.1 Å². The molecule has 0 bridgehead atoms. The fraction of sp³-hybridized carbons (Fsp3) is 0.333. The Balaban J connectivity index is 2.02. The lowest BCUT2D eigenvalue weighted by atomic mass is 10.1. The second kappa shape index (κ2) is 3.92. The zero-order valence-electron chi connectivity index (χ0n) is 9.17. The van der Waals surface area contributed by atoms with Crippen LogP contribution in [0.1, 0.15) is 24.9 Å². The van der Waals surface area contributed by atoms with Crippen LogP contribution in [0.3, 0.4) is 0 Å². The third-order valence-electron chi connectivity index (χ3n) is 2.95. The van der Waals surface area contributed by atoms with E-state index in [9.17, 15) is 9.50 Å². The number of aliphatic hydroxyl groups excluding tert-OH is 1. The van der Waals surface area contributed by atoms with Gasteiger partial charge < -0.3 is 5.11 Å². The number of fused-ring (bicyclic) bond motifs is 1. The molecule has 17 heavy (non-hydrogen) atoms. The molecule has 0 fully saturated rings. The molecule has 0 saturated heterocycles. The van der Waals surface area contributed by atoms with E-state index in [4.69, 9.17) is 0 Å². The monoisotopic (exact) mass is 233 g/mol. The Bertz CT molecular complexity index is 535. The van der Waals surface area contributed by atoms with Gasteiger partial charge in [-0.15, -0.1) is 5.10 Å². The van der Waals surface area contributed by atoms with Crippen molar-refractivity contribution in [1.29, 1.82) is 0 Å². The van der Waals surface area contributed by atoms with Gasteiger partial charge in [-0.1, -0.05) is 0 Å². The zero-order chi connectivity index (χ0) is 11.8. The Morgan fingerprint density at radius 1 is 1.29 bits per heavy atom. The van der Waals surface area contributed by atoms with E-state index >= 15 is 0 Å². The van der Waals surface area contributed by atoms with Crippen LogP contribution in [0.25, 0.3) is 11.4 Å². The Labute approximate surface area is 97.7 Å². The summed E-state index contributed by atoms with van der Waals surface area (Å²) in [6.07, 6.45) is 1.87. The van der Waals surface area contributed by atoms with Gasteiger partial charge >= 0.3 is 0 Å². The molecule has 0 spiro atoms. The second-order valence-corrected chi connectivity index (χ2v) is 4.18. The lowest BCUT2D eigenvalue weighted by Gasteiger charge is -2.17. The Morgan fingerprint density at radius 3 is 2.76 bits per heavy atom. The third kappa shape index (κ3) is 1.82. The summed E-state index contributed by atoms with van der Waals surface area (Å²) < 4.78 is 14.4. The number of halogens is 1. The predicted molar refractivity (Wildman–Crippen MR) is 59.6 cm³/mol. The van der Waals surface area contributed by atoms with Crippen LogP contribution >= 0.6 is 0 Å². The standard InChI is InChI=1S/C12H12FN3O/c13-9-6-4-8(5-7-9)12-14-10-2-1-3-11(17)16(10)15-12/h4-7,11,17H,1-3H2. The molecule has 1 aliphatic rings.